The molecule has 0 aromatic carbocycles. The van der Waals surface area contributed by atoms with Gasteiger partial charge in [0.05, 0.1) is 19.8 Å². The fourth-order valence-electron chi connectivity index (χ4n) is 3.48. The molecule has 0 aromatic rings. The van der Waals surface area contributed by atoms with Crippen LogP contribution >= 0.6 is 24.0 Å². The number of thioether (sulfide) groups is 1. The summed E-state index contributed by atoms with van der Waals surface area (Å²) >= 11 is 6.77. The second-order valence-corrected chi connectivity index (χ2v) is 7.57. The van der Waals surface area contributed by atoms with Crippen molar-refractivity contribution in [2.24, 2.45) is 5.92 Å². The third-order valence-electron chi connectivity index (χ3n) is 4.53. The van der Waals surface area contributed by atoms with Gasteiger partial charge in [0.2, 0.25) is 4.38 Å². The molecule has 1 aliphatic carbocycles. The smallest absolute Gasteiger partial charge is 0.410 e. The number of carbonyl (C=O) groups is 2. The van der Waals surface area contributed by atoms with E-state index >= 15 is 0 Å². The number of ether oxygens (including phenoxy) is 2. The minimum absolute atomic E-state index is 0.0517. The summed E-state index contributed by atoms with van der Waals surface area (Å²) < 4.78 is 10.8. The fraction of sp³-hybridized carbons (Fsp3) is 0.800. The van der Waals surface area contributed by atoms with Gasteiger partial charge in [0.25, 0.3) is 0 Å². The van der Waals surface area contributed by atoms with Gasteiger partial charge in [0.15, 0.2) is 5.78 Å². The van der Waals surface area contributed by atoms with E-state index in [0.29, 0.717) is 17.4 Å². The molecule has 124 valence electrons. The van der Waals surface area contributed by atoms with Gasteiger partial charge in [-0.1, -0.05) is 18.2 Å². The van der Waals surface area contributed by atoms with Crippen LogP contribution in [0.5, 0.6) is 0 Å². The number of nitrogens with zero attached hydrogens (tertiary/aromatic N) is 1. The second-order valence-electron chi connectivity index (χ2n) is 5.73. The molecule has 1 saturated heterocycles. The van der Waals surface area contributed by atoms with Crippen molar-refractivity contribution in [1.82, 2.24) is 4.90 Å². The molecule has 1 aliphatic heterocycles. The molecule has 4 atom stereocenters. The van der Waals surface area contributed by atoms with E-state index in [-0.39, 0.29) is 23.0 Å². The number of ketones is 1. The number of hydrogen-bond donors (Lipinski definition) is 0. The number of amides is 1. The summed E-state index contributed by atoms with van der Waals surface area (Å²) in [7, 11) is 1.36. The molecule has 2 fully saturated rings. The molecule has 1 saturated carbocycles. The Bertz CT molecular complexity index is 457. The molecular weight excluding hydrogens is 322 g/mol. The number of likely N-dealkylation sites (tertiary alicyclic amines) is 1. The summed E-state index contributed by atoms with van der Waals surface area (Å²) in [5.74, 6) is 0.224. The van der Waals surface area contributed by atoms with E-state index in [4.69, 9.17) is 21.7 Å². The minimum Gasteiger partial charge on any atom is -0.479 e. The highest BCUT2D eigenvalue weighted by Crippen LogP contribution is 2.42. The maximum absolute atomic E-state index is 12.3. The number of methoxy groups -OCH3 is 1. The van der Waals surface area contributed by atoms with Crippen LogP contribution in [0.1, 0.15) is 39.5 Å². The normalized spacial score (nSPS) is 31.4. The SMILES string of the molecule is CCOC(=S)SC1CCC[C@@H]2[C@H]1CC(=O)[C@H](C)N2C(=O)OC. The van der Waals surface area contributed by atoms with Crippen LogP contribution in [-0.2, 0) is 14.3 Å². The van der Waals surface area contributed by atoms with Gasteiger partial charge < -0.3 is 9.47 Å². The molecule has 2 rings (SSSR count). The van der Waals surface area contributed by atoms with Gasteiger partial charge in [0, 0.05) is 17.7 Å². The van der Waals surface area contributed by atoms with Crippen molar-refractivity contribution in [3.05, 3.63) is 0 Å². The highest BCUT2D eigenvalue weighted by molar-refractivity contribution is 8.23. The van der Waals surface area contributed by atoms with Gasteiger partial charge in [-0.25, -0.2) is 4.79 Å². The van der Waals surface area contributed by atoms with Crippen LogP contribution in [0.25, 0.3) is 0 Å². The zero-order valence-corrected chi connectivity index (χ0v) is 14.9. The van der Waals surface area contributed by atoms with Gasteiger partial charge in [-0.3, -0.25) is 9.69 Å². The minimum atomic E-state index is -0.409. The number of fused-ring (bicyclic) bond motifs is 1. The van der Waals surface area contributed by atoms with E-state index in [1.165, 1.54) is 18.9 Å². The van der Waals surface area contributed by atoms with Crippen molar-refractivity contribution in [2.45, 2.75) is 56.9 Å². The molecule has 5 nitrogen and oxygen atoms in total. The summed E-state index contributed by atoms with van der Waals surface area (Å²) in [6.07, 6.45) is 3.02. The van der Waals surface area contributed by atoms with Gasteiger partial charge in [-0.05, 0) is 44.8 Å². The maximum Gasteiger partial charge on any atom is 0.410 e. The van der Waals surface area contributed by atoms with Crippen LogP contribution in [0, 0.1) is 5.92 Å². The van der Waals surface area contributed by atoms with Gasteiger partial charge in [0.1, 0.15) is 0 Å². The first-order chi connectivity index (χ1) is 10.5. The predicted molar refractivity (Wildman–Crippen MR) is 90.1 cm³/mol. The number of piperidine rings is 1. The first kappa shape index (κ1) is 17.5. The lowest BCUT2D eigenvalue weighted by Gasteiger charge is -2.48. The molecule has 0 aromatic heterocycles. The zero-order chi connectivity index (χ0) is 16.3. The van der Waals surface area contributed by atoms with E-state index in [2.05, 4.69) is 0 Å². The number of rotatable bonds is 2. The van der Waals surface area contributed by atoms with Gasteiger partial charge in [-0.15, -0.1) is 0 Å². The number of carbonyl (C=O) groups excluding carboxylic acids is 2. The van der Waals surface area contributed by atoms with E-state index in [1.807, 2.05) is 6.92 Å². The molecule has 0 N–H and O–H groups in total. The van der Waals surface area contributed by atoms with E-state index in [9.17, 15) is 9.59 Å². The fourth-order valence-corrected chi connectivity index (χ4v) is 5.14. The highest BCUT2D eigenvalue weighted by Gasteiger charge is 2.47. The maximum atomic E-state index is 12.3. The molecule has 0 bridgehead atoms. The van der Waals surface area contributed by atoms with Crippen molar-refractivity contribution < 1.29 is 19.1 Å². The molecule has 0 spiro atoms. The van der Waals surface area contributed by atoms with E-state index in [0.717, 1.165) is 19.3 Å². The van der Waals surface area contributed by atoms with Crippen LogP contribution in [0.15, 0.2) is 0 Å². The Morgan fingerprint density at radius 2 is 2.18 bits per heavy atom. The van der Waals surface area contributed by atoms with Crippen molar-refractivity contribution in [3.8, 4) is 0 Å². The molecule has 1 unspecified atom stereocenters. The molecule has 22 heavy (non-hydrogen) atoms. The van der Waals surface area contributed by atoms with Gasteiger partial charge in [-0.2, -0.15) is 0 Å². The standard InChI is InChI=1S/C15H23NO4S2/c1-4-20-15(21)22-13-7-5-6-11-10(13)8-12(17)9(2)16(11)14(18)19-3/h9-11,13H,4-8H2,1-3H3/t9-,10+,11+,13?/m0/s1. The summed E-state index contributed by atoms with van der Waals surface area (Å²) in [6.45, 7) is 4.25. The lowest BCUT2D eigenvalue weighted by Crippen LogP contribution is -2.60. The first-order valence-corrected chi connectivity index (χ1v) is 9.00. The summed E-state index contributed by atoms with van der Waals surface area (Å²) in [5.41, 5.74) is 0. The molecule has 2 aliphatic rings. The average molecular weight is 345 g/mol. The van der Waals surface area contributed by atoms with Crippen LogP contribution < -0.4 is 0 Å². The van der Waals surface area contributed by atoms with Crippen molar-refractivity contribution in [3.63, 3.8) is 0 Å². The van der Waals surface area contributed by atoms with E-state index < -0.39 is 12.1 Å². The number of hydrogen-bond acceptors (Lipinski definition) is 6. The quantitative estimate of drug-likeness (QED) is 0.717. The van der Waals surface area contributed by atoms with Gasteiger partial charge >= 0.3 is 6.09 Å². The molecule has 1 amide bonds. The Labute approximate surface area is 141 Å². The molecule has 1 heterocycles. The van der Waals surface area contributed by atoms with Crippen LogP contribution in [0.4, 0.5) is 4.79 Å². The molecule has 0 radical (unpaired) electrons. The van der Waals surface area contributed by atoms with Crippen molar-refractivity contribution in [2.75, 3.05) is 13.7 Å². The Morgan fingerprint density at radius 1 is 1.45 bits per heavy atom. The predicted octanol–water partition coefficient (Wildman–Crippen LogP) is 3.01. The summed E-state index contributed by atoms with van der Waals surface area (Å²) in [4.78, 5) is 26.0. The monoisotopic (exact) mass is 345 g/mol. The third-order valence-corrected chi connectivity index (χ3v) is 6.14. The average Bonchev–Trinajstić information content (AvgIpc) is 2.49. The second kappa shape index (κ2) is 7.64. The number of Topliss-reactive ketones (excluding diaryl/α,β-unsaturated/α-hetero) is 1. The Hall–Kier alpha value is -0.820. The number of thiocarbonyl (C=S) groups is 1. The van der Waals surface area contributed by atoms with Crippen LogP contribution in [0.2, 0.25) is 0 Å². The highest BCUT2D eigenvalue weighted by atomic mass is 32.2. The van der Waals surface area contributed by atoms with Crippen LogP contribution in [-0.4, -0.2) is 52.2 Å². The lowest BCUT2D eigenvalue weighted by atomic mass is 9.76. The summed E-state index contributed by atoms with van der Waals surface area (Å²) in [6, 6.07) is -0.355. The molecular formula is C15H23NO4S2. The largest absolute Gasteiger partial charge is 0.479 e. The van der Waals surface area contributed by atoms with Crippen LogP contribution in [0.3, 0.4) is 0 Å². The van der Waals surface area contributed by atoms with Crippen molar-refractivity contribution in [1.29, 1.82) is 0 Å². The Kier molecular flexibility index (Phi) is 6.09. The van der Waals surface area contributed by atoms with E-state index in [1.54, 1.807) is 11.8 Å². The summed E-state index contributed by atoms with van der Waals surface area (Å²) in [5, 5.41) is 0.224. The Balaban J connectivity index is 2.17. The third kappa shape index (κ3) is 3.56. The Morgan fingerprint density at radius 3 is 2.82 bits per heavy atom. The zero-order valence-electron chi connectivity index (χ0n) is 13.2. The lowest BCUT2D eigenvalue weighted by molar-refractivity contribution is -0.130. The first-order valence-electron chi connectivity index (χ1n) is 7.72. The molecule has 7 heteroatoms. The van der Waals surface area contributed by atoms with Crippen molar-refractivity contribution >= 4 is 40.2 Å². The topological polar surface area (TPSA) is 55.8 Å².